The molecule has 7 rings (SSSR count). The van der Waals surface area contributed by atoms with Gasteiger partial charge in [0.05, 0.1) is 17.6 Å². The monoisotopic (exact) mass is 673 g/mol. The van der Waals surface area contributed by atoms with Gasteiger partial charge < -0.3 is 29.2 Å². The first-order valence-electron chi connectivity index (χ1n) is 17.5. The molecule has 0 radical (unpaired) electrons. The number of fused-ring (bicyclic) bond motifs is 1. The van der Waals surface area contributed by atoms with E-state index in [0.717, 1.165) is 72.8 Å². The molecule has 1 N–H and O–H groups in total. The van der Waals surface area contributed by atoms with E-state index in [-0.39, 0.29) is 30.0 Å². The van der Waals surface area contributed by atoms with Crippen molar-refractivity contribution in [2.24, 2.45) is 5.92 Å². The van der Waals surface area contributed by atoms with Crippen LogP contribution in [0.15, 0.2) is 121 Å². The number of anilines is 1. The predicted molar refractivity (Wildman–Crippen MR) is 194 cm³/mol. The topological polar surface area (TPSA) is 71.9 Å². The number of carbonyl (C=O) groups excluding carboxylic acids is 1. The zero-order valence-electron chi connectivity index (χ0n) is 28.5. The number of likely N-dealkylation sites (tertiary alicyclic amines) is 1. The molecule has 2 atom stereocenters. The first kappa shape index (κ1) is 33.4. The molecule has 2 unspecified atom stereocenters. The molecule has 0 aliphatic carbocycles. The number of carbonyl (C=O) groups is 1. The molecule has 2 aliphatic rings. The van der Waals surface area contributed by atoms with Crippen LogP contribution in [0.3, 0.4) is 0 Å². The second-order valence-electron chi connectivity index (χ2n) is 13.3. The van der Waals surface area contributed by atoms with Crippen molar-refractivity contribution in [2.75, 3.05) is 38.5 Å². The van der Waals surface area contributed by atoms with Crippen LogP contribution < -0.4 is 5.32 Å². The van der Waals surface area contributed by atoms with Crippen molar-refractivity contribution in [3.05, 3.63) is 144 Å². The van der Waals surface area contributed by atoms with Gasteiger partial charge >= 0.3 is 0 Å². The van der Waals surface area contributed by atoms with Crippen molar-refractivity contribution < 1.29 is 18.7 Å². The lowest BCUT2D eigenvalue weighted by molar-refractivity contribution is -0.0377. The molecule has 4 aromatic carbocycles. The lowest BCUT2D eigenvalue weighted by Crippen LogP contribution is -2.41. The lowest BCUT2D eigenvalue weighted by atomic mass is 10.00. The molecule has 3 heterocycles. The SMILES string of the molecule is CN(CC(CCN1CCC(Nc2nc3ccccc3n2Cc2ccc(F)cc2)CC1)C1=COC(Cc2ccccc2)O1)C(=O)c1ccccc1. The number of para-hydroxylation sites is 2. The van der Waals surface area contributed by atoms with Crippen molar-refractivity contribution in [1.29, 1.82) is 0 Å². The number of amides is 1. The lowest BCUT2D eigenvalue weighted by Gasteiger charge is -2.34. The first-order valence-corrected chi connectivity index (χ1v) is 17.5. The fraction of sp³-hybridized carbons (Fsp3) is 0.317. The van der Waals surface area contributed by atoms with Gasteiger partial charge in [-0.2, -0.15) is 0 Å². The molecule has 2 aliphatic heterocycles. The molecule has 8 nitrogen and oxygen atoms in total. The molecular weight excluding hydrogens is 629 g/mol. The molecule has 0 saturated carbocycles. The normalized spacial score (nSPS) is 17.2. The average molecular weight is 674 g/mol. The van der Waals surface area contributed by atoms with Crippen LogP contribution >= 0.6 is 0 Å². The van der Waals surface area contributed by atoms with Crippen LogP contribution in [0.1, 0.15) is 40.7 Å². The van der Waals surface area contributed by atoms with Crippen LogP contribution in [-0.4, -0.2) is 70.8 Å². The Morgan fingerprint density at radius 1 is 0.920 bits per heavy atom. The molecule has 1 aromatic heterocycles. The highest BCUT2D eigenvalue weighted by Gasteiger charge is 2.30. The zero-order valence-corrected chi connectivity index (χ0v) is 28.5. The Kier molecular flexibility index (Phi) is 10.4. The van der Waals surface area contributed by atoms with E-state index in [1.165, 1.54) is 12.1 Å². The number of piperidine rings is 1. The van der Waals surface area contributed by atoms with E-state index in [1.54, 1.807) is 11.2 Å². The molecule has 5 aromatic rings. The van der Waals surface area contributed by atoms with Crippen molar-refractivity contribution in [3.63, 3.8) is 0 Å². The van der Waals surface area contributed by atoms with Gasteiger partial charge in [-0.25, -0.2) is 9.37 Å². The van der Waals surface area contributed by atoms with Gasteiger partial charge in [-0.3, -0.25) is 4.79 Å². The van der Waals surface area contributed by atoms with Crippen molar-refractivity contribution in [2.45, 2.75) is 44.6 Å². The number of imidazole rings is 1. The Bertz CT molecular complexity index is 1890. The molecule has 1 amide bonds. The highest BCUT2D eigenvalue weighted by molar-refractivity contribution is 5.94. The third-order valence-corrected chi connectivity index (χ3v) is 9.74. The first-order chi connectivity index (χ1) is 24.5. The van der Waals surface area contributed by atoms with Gasteiger partial charge in [0.2, 0.25) is 12.2 Å². The van der Waals surface area contributed by atoms with E-state index >= 15 is 0 Å². The summed E-state index contributed by atoms with van der Waals surface area (Å²) in [6.07, 6.45) is 4.85. The maximum atomic E-state index is 13.6. The van der Waals surface area contributed by atoms with E-state index < -0.39 is 0 Å². The Balaban J connectivity index is 0.974. The molecule has 1 fully saturated rings. The summed E-state index contributed by atoms with van der Waals surface area (Å²) in [5.41, 5.74) is 4.85. The van der Waals surface area contributed by atoms with Gasteiger partial charge in [0, 0.05) is 50.6 Å². The Morgan fingerprint density at radius 3 is 2.38 bits per heavy atom. The standard InChI is InChI=1S/C41H44FN5O3/c1-45(40(48)32-12-6-3-7-13-32)28-33(38-29-49-39(50-38)26-30-10-4-2-5-11-30)20-23-46-24-21-35(22-25-46)43-41-44-36-14-8-9-15-37(36)47(41)27-31-16-18-34(42)19-17-31/h2-19,29,33,35,39H,20-28H2,1H3,(H,43,44). The Morgan fingerprint density at radius 2 is 1.62 bits per heavy atom. The number of rotatable bonds is 13. The highest BCUT2D eigenvalue weighted by Crippen LogP contribution is 2.29. The van der Waals surface area contributed by atoms with Gasteiger partial charge in [0.1, 0.15) is 17.8 Å². The van der Waals surface area contributed by atoms with Crippen LogP contribution in [-0.2, 0) is 22.4 Å². The quantitative estimate of drug-likeness (QED) is 0.141. The van der Waals surface area contributed by atoms with Gasteiger partial charge in [-0.05, 0) is 73.3 Å². The minimum Gasteiger partial charge on any atom is -0.459 e. The van der Waals surface area contributed by atoms with Gasteiger partial charge in [-0.15, -0.1) is 0 Å². The smallest absolute Gasteiger partial charge is 0.253 e. The number of nitrogens with zero attached hydrogens (tertiary/aromatic N) is 4. The minimum absolute atomic E-state index is 0.00403. The third-order valence-electron chi connectivity index (χ3n) is 9.74. The largest absolute Gasteiger partial charge is 0.459 e. The Hall–Kier alpha value is -5.15. The van der Waals surface area contributed by atoms with Gasteiger partial charge in [0.25, 0.3) is 5.91 Å². The number of halogens is 1. The predicted octanol–water partition coefficient (Wildman–Crippen LogP) is 7.34. The third kappa shape index (κ3) is 8.17. The maximum Gasteiger partial charge on any atom is 0.253 e. The van der Waals surface area contributed by atoms with Gasteiger partial charge in [0.15, 0.2) is 0 Å². The summed E-state index contributed by atoms with van der Waals surface area (Å²) in [4.78, 5) is 22.5. The number of hydrogen-bond donors (Lipinski definition) is 1. The van der Waals surface area contributed by atoms with Gasteiger partial charge in [-0.1, -0.05) is 72.8 Å². The van der Waals surface area contributed by atoms with Crippen LogP contribution in [0.4, 0.5) is 10.3 Å². The second kappa shape index (κ2) is 15.6. The highest BCUT2D eigenvalue weighted by atomic mass is 19.1. The Labute approximate surface area is 293 Å². The molecule has 50 heavy (non-hydrogen) atoms. The van der Waals surface area contributed by atoms with Crippen molar-refractivity contribution in [3.8, 4) is 0 Å². The molecule has 1 saturated heterocycles. The molecular formula is C41H44FN5O3. The van der Waals surface area contributed by atoms with Crippen molar-refractivity contribution in [1.82, 2.24) is 19.4 Å². The van der Waals surface area contributed by atoms with Crippen LogP contribution in [0, 0.1) is 11.7 Å². The van der Waals surface area contributed by atoms with Crippen LogP contribution in [0.25, 0.3) is 11.0 Å². The van der Waals surface area contributed by atoms with Crippen molar-refractivity contribution >= 4 is 22.9 Å². The average Bonchev–Trinajstić information content (AvgIpc) is 3.76. The summed E-state index contributed by atoms with van der Waals surface area (Å²) in [6, 6.07) is 34.7. The van der Waals surface area contributed by atoms with E-state index in [9.17, 15) is 9.18 Å². The van der Waals surface area contributed by atoms with E-state index in [2.05, 4.69) is 33.0 Å². The summed E-state index contributed by atoms with van der Waals surface area (Å²) >= 11 is 0. The van der Waals surface area contributed by atoms with Crippen LogP contribution in [0.5, 0.6) is 0 Å². The summed E-state index contributed by atoms with van der Waals surface area (Å²) in [5, 5.41) is 3.74. The molecule has 0 spiro atoms. The number of aromatic nitrogens is 2. The number of hydrogen-bond acceptors (Lipinski definition) is 6. The number of nitrogens with one attached hydrogen (secondary N) is 1. The molecule has 0 bridgehead atoms. The molecule has 9 heteroatoms. The fourth-order valence-electron chi connectivity index (χ4n) is 6.92. The second-order valence-corrected chi connectivity index (χ2v) is 13.3. The zero-order chi connectivity index (χ0) is 34.3. The van der Waals surface area contributed by atoms with Crippen LogP contribution in [0.2, 0.25) is 0 Å². The fourth-order valence-corrected chi connectivity index (χ4v) is 6.92. The number of ether oxygens (including phenoxy) is 2. The maximum absolute atomic E-state index is 13.6. The number of benzene rings is 4. The summed E-state index contributed by atoms with van der Waals surface area (Å²) in [6.45, 7) is 3.93. The van der Waals surface area contributed by atoms with E-state index in [0.29, 0.717) is 25.1 Å². The summed E-state index contributed by atoms with van der Waals surface area (Å²) in [5.74, 6) is 1.40. The minimum atomic E-state index is -0.376. The van der Waals surface area contributed by atoms with E-state index in [1.807, 2.05) is 85.9 Å². The van der Waals surface area contributed by atoms with E-state index in [4.69, 9.17) is 14.5 Å². The summed E-state index contributed by atoms with van der Waals surface area (Å²) < 4.78 is 28.1. The summed E-state index contributed by atoms with van der Waals surface area (Å²) in [7, 11) is 1.86. The molecule has 258 valence electrons.